The van der Waals surface area contributed by atoms with Gasteiger partial charge in [0.2, 0.25) is 0 Å². The van der Waals surface area contributed by atoms with Crippen LogP contribution in [0.2, 0.25) is 0 Å². The molecule has 72 valence electrons. The fraction of sp³-hybridized carbons (Fsp3) is 0.400. The molecule has 1 heterocycles. The van der Waals surface area contributed by atoms with E-state index in [2.05, 4.69) is 40.5 Å². The van der Waals surface area contributed by atoms with Crippen molar-refractivity contribution in [2.24, 2.45) is 0 Å². The molecule has 4 N–H and O–H groups in total. The van der Waals surface area contributed by atoms with Gasteiger partial charge in [-0.2, -0.15) is 0 Å². The maximum atomic E-state index is 3.34. The third kappa shape index (κ3) is 2.44. The zero-order chi connectivity index (χ0) is 8.23. The van der Waals surface area contributed by atoms with Crippen molar-refractivity contribution in [2.75, 3.05) is 31.1 Å². The summed E-state index contributed by atoms with van der Waals surface area (Å²) >= 11 is 0. The van der Waals surface area contributed by atoms with Gasteiger partial charge in [0.05, 0.1) is 0 Å². The maximum absolute atomic E-state index is 3.34. The van der Waals surface area contributed by atoms with Crippen LogP contribution in [0.3, 0.4) is 0 Å². The molecule has 1 aromatic rings. The standard InChI is InChI=1S/C10H14N2.H3N/c1-2-4-10(5-3-1)12-8-6-11-7-9-12;/h1-5,11H,6-9H2;1H3. The van der Waals surface area contributed by atoms with E-state index in [4.69, 9.17) is 0 Å². The molecular weight excluding hydrogens is 162 g/mol. The first kappa shape index (κ1) is 10.0. The van der Waals surface area contributed by atoms with E-state index in [1.54, 1.807) is 0 Å². The third-order valence-electron chi connectivity index (χ3n) is 2.24. The lowest BCUT2D eigenvalue weighted by Crippen LogP contribution is -2.43. The van der Waals surface area contributed by atoms with Crippen LogP contribution in [0.1, 0.15) is 0 Å². The molecule has 1 fully saturated rings. The monoisotopic (exact) mass is 179 g/mol. The van der Waals surface area contributed by atoms with Crippen molar-refractivity contribution < 1.29 is 0 Å². The molecule has 0 amide bonds. The molecule has 0 bridgehead atoms. The number of anilines is 1. The SMILES string of the molecule is N.c1ccc(N2CCNCC2)cc1. The van der Waals surface area contributed by atoms with Crippen LogP contribution in [-0.2, 0) is 0 Å². The van der Waals surface area contributed by atoms with E-state index < -0.39 is 0 Å². The minimum Gasteiger partial charge on any atom is -0.369 e. The number of nitrogens with one attached hydrogen (secondary N) is 1. The Kier molecular flexibility index (Phi) is 3.73. The largest absolute Gasteiger partial charge is 0.369 e. The lowest BCUT2D eigenvalue weighted by atomic mass is 10.2. The summed E-state index contributed by atoms with van der Waals surface area (Å²) in [5.74, 6) is 0. The Bertz CT molecular complexity index is 229. The number of hydrogen-bond acceptors (Lipinski definition) is 3. The maximum Gasteiger partial charge on any atom is 0.0367 e. The Morgan fingerprint density at radius 1 is 1.00 bits per heavy atom. The normalized spacial score (nSPS) is 16.5. The summed E-state index contributed by atoms with van der Waals surface area (Å²) in [5, 5.41) is 3.34. The molecular formula is C10H17N3. The molecule has 0 atom stereocenters. The zero-order valence-corrected chi connectivity index (χ0v) is 7.87. The Morgan fingerprint density at radius 3 is 2.23 bits per heavy atom. The summed E-state index contributed by atoms with van der Waals surface area (Å²) < 4.78 is 0. The first-order valence-corrected chi connectivity index (χ1v) is 4.47. The van der Waals surface area contributed by atoms with Crippen molar-refractivity contribution in [3.8, 4) is 0 Å². The Labute approximate surface area is 79.3 Å². The highest BCUT2D eigenvalue weighted by atomic mass is 15.2. The quantitative estimate of drug-likeness (QED) is 0.682. The van der Waals surface area contributed by atoms with Crippen molar-refractivity contribution in [3.63, 3.8) is 0 Å². The van der Waals surface area contributed by atoms with Gasteiger partial charge < -0.3 is 16.4 Å². The smallest absolute Gasteiger partial charge is 0.0367 e. The molecule has 0 radical (unpaired) electrons. The summed E-state index contributed by atoms with van der Waals surface area (Å²) in [7, 11) is 0. The fourth-order valence-electron chi connectivity index (χ4n) is 1.56. The first-order chi connectivity index (χ1) is 5.97. The van der Waals surface area contributed by atoms with Crippen LogP contribution in [0.4, 0.5) is 5.69 Å². The number of nitrogens with zero attached hydrogens (tertiary/aromatic N) is 1. The molecule has 2 rings (SSSR count). The second kappa shape index (κ2) is 4.84. The number of piperazine rings is 1. The lowest BCUT2D eigenvalue weighted by molar-refractivity contribution is 0.589. The molecule has 1 aromatic carbocycles. The van der Waals surface area contributed by atoms with E-state index in [0.717, 1.165) is 26.2 Å². The number of rotatable bonds is 1. The van der Waals surface area contributed by atoms with Crippen LogP contribution in [0, 0.1) is 0 Å². The zero-order valence-electron chi connectivity index (χ0n) is 7.87. The molecule has 1 aliphatic heterocycles. The molecule has 0 saturated carbocycles. The summed E-state index contributed by atoms with van der Waals surface area (Å²) in [6.07, 6.45) is 0. The predicted octanol–water partition coefficient (Wildman–Crippen LogP) is 1.26. The van der Waals surface area contributed by atoms with Gasteiger partial charge >= 0.3 is 0 Å². The lowest BCUT2D eigenvalue weighted by Gasteiger charge is -2.29. The Morgan fingerprint density at radius 2 is 1.62 bits per heavy atom. The first-order valence-electron chi connectivity index (χ1n) is 4.47. The minimum atomic E-state index is 0. The van der Waals surface area contributed by atoms with Crippen molar-refractivity contribution in [3.05, 3.63) is 30.3 Å². The van der Waals surface area contributed by atoms with Crippen LogP contribution < -0.4 is 16.4 Å². The van der Waals surface area contributed by atoms with Crippen molar-refractivity contribution in [1.82, 2.24) is 11.5 Å². The van der Waals surface area contributed by atoms with Gasteiger partial charge in [-0.15, -0.1) is 0 Å². The predicted molar refractivity (Wildman–Crippen MR) is 56.5 cm³/mol. The summed E-state index contributed by atoms with van der Waals surface area (Å²) in [4.78, 5) is 2.41. The van der Waals surface area contributed by atoms with Gasteiger partial charge in [0.15, 0.2) is 0 Å². The van der Waals surface area contributed by atoms with Crippen LogP contribution in [0.25, 0.3) is 0 Å². The van der Waals surface area contributed by atoms with Gasteiger partial charge in [0.1, 0.15) is 0 Å². The topological polar surface area (TPSA) is 50.3 Å². The third-order valence-corrected chi connectivity index (χ3v) is 2.24. The molecule has 0 aromatic heterocycles. The van der Waals surface area contributed by atoms with Gasteiger partial charge in [-0.3, -0.25) is 0 Å². The van der Waals surface area contributed by atoms with E-state index in [9.17, 15) is 0 Å². The van der Waals surface area contributed by atoms with Crippen LogP contribution in [0.15, 0.2) is 30.3 Å². The molecule has 0 aliphatic carbocycles. The minimum absolute atomic E-state index is 0. The average Bonchev–Trinajstić information content (AvgIpc) is 2.21. The van der Waals surface area contributed by atoms with Crippen molar-refractivity contribution in [1.29, 1.82) is 0 Å². The van der Waals surface area contributed by atoms with Gasteiger partial charge in [-0.25, -0.2) is 0 Å². The van der Waals surface area contributed by atoms with E-state index in [1.165, 1.54) is 5.69 Å². The molecule has 1 saturated heterocycles. The Balaban J connectivity index is 0.000000845. The Hall–Kier alpha value is -1.06. The second-order valence-corrected chi connectivity index (χ2v) is 3.07. The van der Waals surface area contributed by atoms with Crippen molar-refractivity contribution >= 4 is 5.69 Å². The van der Waals surface area contributed by atoms with Crippen LogP contribution in [0.5, 0.6) is 0 Å². The number of para-hydroxylation sites is 1. The molecule has 3 nitrogen and oxygen atoms in total. The molecule has 0 spiro atoms. The van der Waals surface area contributed by atoms with Gasteiger partial charge in [0, 0.05) is 31.9 Å². The van der Waals surface area contributed by atoms with E-state index in [1.807, 2.05) is 0 Å². The van der Waals surface area contributed by atoms with E-state index >= 15 is 0 Å². The van der Waals surface area contributed by atoms with E-state index in [-0.39, 0.29) is 6.15 Å². The van der Waals surface area contributed by atoms with Crippen LogP contribution >= 0.6 is 0 Å². The molecule has 0 unspecified atom stereocenters. The molecule has 3 heteroatoms. The number of benzene rings is 1. The van der Waals surface area contributed by atoms with E-state index in [0.29, 0.717) is 0 Å². The van der Waals surface area contributed by atoms with Gasteiger partial charge in [0.25, 0.3) is 0 Å². The molecule has 1 aliphatic rings. The van der Waals surface area contributed by atoms with Gasteiger partial charge in [-0.1, -0.05) is 18.2 Å². The van der Waals surface area contributed by atoms with Crippen LogP contribution in [-0.4, -0.2) is 26.2 Å². The second-order valence-electron chi connectivity index (χ2n) is 3.07. The van der Waals surface area contributed by atoms with Crippen molar-refractivity contribution in [2.45, 2.75) is 0 Å². The van der Waals surface area contributed by atoms with Gasteiger partial charge in [-0.05, 0) is 12.1 Å². The highest BCUT2D eigenvalue weighted by Gasteiger charge is 2.08. The summed E-state index contributed by atoms with van der Waals surface area (Å²) in [6.45, 7) is 4.47. The number of hydrogen-bond donors (Lipinski definition) is 2. The highest BCUT2D eigenvalue weighted by molar-refractivity contribution is 5.46. The summed E-state index contributed by atoms with van der Waals surface area (Å²) in [5.41, 5.74) is 1.35. The molecule has 13 heavy (non-hydrogen) atoms. The fourth-order valence-corrected chi connectivity index (χ4v) is 1.56. The average molecular weight is 179 g/mol. The highest BCUT2D eigenvalue weighted by Crippen LogP contribution is 2.12. The summed E-state index contributed by atoms with van der Waals surface area (Å²) in [6, 6.07) is 10.6.